The topological polar surface area (TPSA) is 104 Å². The van der Waals surface area contributed by atoms with E-state index < -0.39 is 12.9 Å². The molecule has 9 heteroatoms. The van der Waals surface area contributed by atoms with Crippen LogP contribution in [0.4, 0.5) is 5.82 Å². The average molecular weight is 452 g/mol. The molecular weight excluding hydrogens is 417 g/mol. The van der Waals surface area contributed by atoms with Crippen molar-refractivity contribution in [2.24, 2.45) is 0 Å². The molecule has 0 saturated carbocycles. The van der Waals surface area contributed by atoms with Crippen molar-refractivity contribution >= 4 is 13.4 Å². The maximum absolute atomic E-state index is 13.5. The van der Waals surface area contributed by atoms with Crippen LogP contribution >= 0.6 is 7.60 Å². The molecule has 1 heterocycles. The van der Waals surface area contributed by atoms with Gasteiger partial charge in [-0.25, -0.2) is 10.4 Å². The summed E-state index contributed by atoms with van der Waals surface area (Å²) in [4.78, 5) is 15.4. The van der Waals surface area contributed by atoms with Crippen LogP contribution in [-0.2, 0) is 27.2 Å². The quantitative estimate of drug-likeness (QED) is 0.385. The van der Waals surface area contributed by atoms with Crippen LogP contribution in [0.5, 0.6) is 11.5 Å². The highest BCUT2D eigenvalue weighted by Crippen LogP contribution is 2.61. The molecule has 8 nitrogen and oxygen atoms in total. The van der Waals surface area contributed by atoms with Crippen LogP contribution in [-0.4, -0.2) is 36.3 Å². The average Bonchev–Trinajstić information content (AvgIpc) is 2.74. The van der Waals surface area contributed by atoms with Crippen LogP contribution < -0.4 is 15.2 Å². The maximum Gasteiger partial charge on any atom is 0.353 e. The van der Waals surface area contributed by atoms with Crippen LogP contribution in [0, 0.1) is 13.8 Å². The number of anilines is 1. The summed E-state index contributed by atoms with van der Waals surface area (Å²) in [5.74, 6) is 0.956. The number of phenolic OH excluding ortho intramolecular Hbond substituents is 1. The van der Waals surface area contributed by atoms with Crippen LogP contribution in [0.2, 0.25) is 0 Å². The number of ether oxygens (including phenoxy) is 1. The van der Waals surface area contributed by atoms with Gasteiger partial charge < -0.3 is 19.3 Å². The number of methoxy groups -OCH3 is 1. The van der Waals surface area contributed by atoms with Crippen molar-refractivity contribution in [2.45, 2.75) is 52.7 Å². The first-order chi connectivity index (χ1) is 14.5. The lowest BCUT2D eigenvalue weighted by molar-refractivity contribution is 0.264. The zero-order valence-corrected chi connectivity index (χ0v) is 20.5. The molecule has 2 atom stereocenters. The number of nitrogens with zero attached hydrogens (tertiary/aromatic N) is 2. The summed E-state index contributed by atoms with van der Waals surface area (Å²) in [6.45, 7) is 9.18. The summed E-state index contributed by atoms with van der Waals surface area (Å²) in [6, 6.07) is 3.74. The van der Waals surface area contributed by atoms with Gasteiger partial charge in [-0.1, -0.05) is 19.9 Å². The van der Waals surface area contributed by atoms with Gasteiger partial charge in [0.1, 0.15) is 5.82 Å². The fraction of sp³-hybridized carbons (Fsp3) is 0.500. The fourth-order valence-corrected chi connectivity index (χ4v) is 5.37. The highest BCUT2D eigenvalue weighted by atomic mass is 31.2. The summed E-state index contributed by atoms with van der Waals surface area (Å²) >= 11 is 0. The minimum Gasteiger partial charge on any atom is -0.504 e. The van der Waals surface area contributed by atoms with Gasteiger partial charge >= 0.3 is 7.60 Å². The predicted molar refractivity (Wildman–Crippen MR) is 123 cm³/mol. The Bertz CT molecular complexity index is 998. The number of hydrogen-bond acceptors (Lipinski definition) is 7. The Labute approximate surface area is 184 Å². The van der Waals surface area contributed by atoms with Gasteiger partial charge in [-0.15, -0.1) is 0 Å². The largest absolute Gasteiger partial charge is 0.504 e. The van der Waals surface area contributed by atoms with Crippen LogP contribution in [0.15, 0.2) is 18.3 Å². The Morgan fingerprint density at radius 2 is 1.84 bits per heavy atom. The van der Waals surface area contributed by atoms with Crippen molar-refractivity contribution < 1.29 is 23.8 Å². The number of phenols is 1. The Balaban J connectivity index is 2.88. The Morgan fingerprint density at radius 1 is 1.23 bits per heavy atom. The molecule has 2 aromatic rings. The molecule has 1 aromatic heterocycles. The zero-order valence-electron chi connectivity index (χ0n) is 19.6. The smallest absolute Gasteiger partial charge is 0.353 e. The highest BCUT2D eigenvalue weighted by molar-refractivity contribution is 7.54. The molecule has 0 radical (unpaired) electrons. The molecule has 0 aliphatic rings. The van der Waals surface area contributed by atoms with E-state index in [4.69, 9.17) is 9.26 Å². The Kier molecular flexibility index (Phi) is 7.76. The van der Waals surface area contributed by atoms with E-state index in [-0.39, 0.29) is 5.75 Å². The summed E-state index contributed by atoms with van der Waals surface area (Å²) in [7, 11) is 0.166. The van der Waals surface area contributed by atoms with E-state index in [2.05, 4.69) is 10.4 Å². The second kappa shape index (κ2) is 9.57. The minimum atomic E-state index is -4.27. The number of hydrazine groups is 1. The molecule has 0 spiro atoms. The first-order valence-corrected chi connectivity index (χ1v) is 11.8. The molecule has 1 aromatic carbocycles. The molecule has 0 saturated heterocycles. The highest BCUT2D eigenvalue weighted by Gasteiger charge is 2.50. The summed E-state index contributed by atoms with van der Waals surface area (Å²) < 4.78 is 24.2. The van der Waals surface area contributed by atoms with E-state index in [9.17, 15) is 14.6 Å². The van der Waals surface area contributed by atoms with Gasteiger partial charge in [-0.3, -0.25) is 9.57 Å². The van der Waals surface area contributed by atoms with Crippen molar-refractivity contribution in [1.82, 2.24) is 10.4 Å². The lowest BCUT2D eigenvalue weighted by atomic mass is 9.87. The third-order valence-corrected chi connectivity index (χ3v) is 7.75. The van der Waals surface area contributed by atoms with E-state index in [0.717, 1.165) is 11.1 Å². The lowest BCUT2D eigenvalue weighted by Gasteiger charge is -2.41. The van der Waals surface area contributed by atoms with E-state index in [0.29, 0.717) is 41.1 Å². The molecule has 3 N–H and O–H groups in total. The van der Waals surface area contributed by atoms with Crippen molar-refractivity contribution in [3.63, 3.8) is 0 Å². The normalized spacial score (nSPS) is 15.3. The molecule has 2 unspecified atom stereocenters. The van der Waals surface area contributed by atoms with Gasteiger partial charge in [0.05, 0.1) is 7.11 Å². The van der Waals surface area contributed by atoms with Crippen molar-refractivity contribution in [2.75, 3.05) is 26.3 Å². The van der Waals surface area contributed by atoms with Gasteiger partial charge in [-0.2, -0.15) is 0 Å². The minimum absolute atomic E-state index is 0.0430. The van der Waals surface area contributed by atoms with Crippen molar-refractivity contribution in [3.8, 4) is 11.5 Å². The summed E-state index contributed by atoms with van der Waals surface area (Å²) in [6.07, 6.45) is 2.68. The zero-order chi connectivity index (χ0) is 23.6. The molecule has 0 bridgehead atoms. The standard InChI is InChI=1S/C22H34N3O5P/c1-9-16-15(4)19(26)20(29-7)17(10-2)18(16)22(5,31(27,28)30-8)24-25(6)21-14(3)12-11-13-23-21/h11-13,24,26H,9-10H2,1-8H3,(H,27,28). The monoisotopic (exact) mass is 451 g/mol. The number of hydrogen-bond donors (Lipinski definition) is 3. The Morgan fingerprint density at radius 3 is 2.32 bits per heavy atom. The fourth-order valence-electron chi connectivity index (χ4n) is 4.18. The number of benzene rings is 1. The first-order valence-electron chi connectivity index (χ1n) is 10.2. The summed E-state index contributed by atoms with van der Waals surface area (Å²) in [5.41, 5.74) is 6.70. The Hall–Kier alpha value is -2.12. The number of aryl methyl sites for hydroxylation is 1. The SMILES string of the molecule is CCc1c(C)c(O)c(OC)c(CC)c1C(C)(NN(C)c1ncccc1C)P(=O)(O)OC. The van der Waals surface area contributed by atoms with Gasteiger partial charge in [0, 0.05) is 25.9 Å². The first kappa shape index (κ1) is 25.1. The van der Waals surface area contributed by atoms with E-state index in [1.165, 1.54) is 14.2 Å². The molecule has 0 fully saturated rings. The predicted octanol–water partition coefficient (Wildman–Crippen LogP) is 4.18. The van der Waals surface area contributed by atoms with Gasteiger partial charge in [0.2, 0.25) is 0 Å². The van der Waals surface area contributed by atoms with Crippen LogP contribution in [0.25, 0.3) is 0 Å². The van der Waals surface area contributed by atoms with Crippen molar-refractivity contribution in [3.05, 3.63) is 46.1 Å². The molecule has 0 aliphatic carbocycles. The van der Waals surface area contributed by atoms with E-state index in [1.54, 1.807) is 32.1 Å². The molecule has 0 amide bonds. The van der Waals surface area contributed by atoms with Gasteiger partial charge in [0.25, 0.3) is 0 Å². The van der Waals surface area contributed by atoms with E-state index in [1.807, 2.05) is 32.9 Å². The van der Waals surface area contributed by atoms with Crippen LogP contribution in [0.3, 0.4) is 0 Å². The molecule has 2 rings (SSSR count). The number of aromatic nitrogens is 1. The number of pyridine rings is 1. The van der Waals surface area contributed by atoms with E-state index >= 15 is 0 Å². The number of rotatable bonds is 9. The lowest BCUT2D eigenvalue weighted by Crippen LogP contribution is -2.50. The third kappa shape index (κ3) is 4.30. The van der Waals surface area contributed by atoms with Gasteiger partial charge in [-0.05, 0) is 61.9 Å². The van der Waals surface area contributed by atoms with Crippen molar-refractivity contribution in [1.29, 1.82) is 0 Å². The number of nitrogens with one attached hydrogen (secondary N) is 1. The van der Waals surface area contributed by atoms with Crippen LogP contribution in [0.1, 0.15) is 48.6 Å². The molecule has 31 heavy (non-hydrogen) atoms. The number of aromatic hydroxyl groups is 1. The molecule has 0 aliphatic heterocycles. The maximum atomic E-state index is 13.5. The van der Waals surface area contributed by atoms with Gasteiger partial charge in [0.15, 0.2) is 16.8 Å². The second-order valence-electron chi connectivity index (χ2n) is 7.64. The second-order valence-corrected chi connectivity index (χ2v) is 9.94. The molecular formula is C22H34N3O5P. The summed E-state index contributed by atoms with van der Waals surface area (Å²) in [5, 5.41) is 10.8. The third-order valence-electron chi connectivity index (χ3n) is 5.80. The molecule has 172 valence electrons.